The molecular weight excluding hydrogens is 198 g/mol. The van der Waals surface area contributed by atoms with Gasteiger partial charge in [0.05, 0.1) is 6.04 Å². The first-order valence-electron chi connectivity index (χ1n) is 5.47. The van der Waals surface area contributed by atoms with Crippen LogP contribution in [0.2, 0.25) is 0 Å². The molecule has 2 N–H and O–H groups in total. The molecule has 0 aliphatic carbocycles. The molecular formula is C14H15NO. The predicted octanol–water partition coefficient (Wildman–Crippen LogP) is 2.83. The number of fused-ring (bicyclic) bond motifs is 1. The van der Waals surface area contributed by atoms with Crippen molar-refractivity contribution in [2.45, 2.75) is 26.3 Å². The third kappa shape index (κ3) is 2.10. The molecule has 1 atom stereocenters. The van der Waals surface area contributed by atoms with Crippen LogP contribution in [0.5, 0.6) is 0 Å². The lowest BCUT2D eigenvalue weighted by molar-refractivity contribution is 0.598. The van der Waals surface area contributed by atoms with Gasteiger partial charge in [-0.1, -0.05) is 31.0 Å². The molecule has 0 amide bonds. The van der Waals surface area contributed by atoms with Crippen molar-refractivity contribution in [2.75, 3.05) is 0 Å². The summed E-state index contributed by atoms with van der Waals surface area (Å²) in [6.07, 6.45) is 0.853. The smallest absolute Gasteiger partial charge is 0.178 e. The molecule has 0 aliphatic heterocycles. The highest BCUT2D eigenvalue weighted by atomic mass is 16.3. The van der Waals surface area contributed by atoms with E-state index in [0.29, 0.717) is 5.76 Å². The Morgan fingerprint density at radius 2 is 2.25 bits per heavy atom. The minimum atomic E-state index is -0.0747. The number of nitrogens with two attached hydrogens (primary N) is 1. The largest absolute Gasteiger partial charge is 0.447 e. The summed E-state index contributed by atoms with van der Waals surface area (Å²) in [5.74, 6) is 6.62. The highest BCUT2D eigenvalue weighted by molar-refractivity contribution is 5.81. The van der Waals surface area contributed by atoms with Crippen molar-refractivity contribution in [3.63, 3.8) is 0 Å². The fourth-order valence-electron chi connectivity index (χ4n) is 1.54. The second-order valence-electron chi connectivity index (χ2n) is 3.89. The van der Waals surface area contributed by atoms with Gasteiger partial charge in [-0.15, -0.1) is 0 Å². The lowest BCUT2D eigenvalue weighted by atomic mass is 10.2. The Labute approximate surface area is 95.4 Å². The summed E-state index contributed by atoms with van der Waals surface area (Å²) in [4.78, 5) is 0. The quantitative estimate of drug-likeness (QED) is 0.740. The standard InChI is InChI=1S/C14H15NO/c1-3-12(15)7-8-13-9-11-6-4-5-10(2)14(11)16-13/h4-6,9,12H,3,15H2,1-2H3. The van der Waals surface area contributed by atoms with Crippen molar-refractivity contribution in [1.82, 2.24) is 0 Å². The molecule has 0 bridgehead atoms. The zero-order valence-electron chi connectivity index (χ0n) is 9.58. The van der Waals surface area contributed by atoms with E-state index >= 15 is 0 Å². The predicted molar refractivity (Wildman–Crippen MR) is 66.1 cm³/mol. The van der Waals surface area contributed by atoms with E-state index in [1.807, 2.05) is 38.1 Å². The van der Waals surface area contributed by atoms with Crippen LogP contribution < -0.4 is 5.73 Å². The van der Waals surface area contributed by atoms with Gasteiger partial charge in [-0.25, -0.2) is 0 Å². The van der Waals surface area contributed by atoms with E-state index < -0.39 is 0 Å². The molecule has 0 saturated heterocycles. The van der Waals surface area contributed by atoms with Gasteiger partial charge in [-0.3, -0.25) is 0 Å². The zero-order chi connectivity index (χ0) is 11.5. The number of benzene rings is 1. The molecule has 2 rings (SSSR count). The Kier molecular flexibility index (Phi) is 2.98. The van der Waals surface area contributed by atoms with Gasteiger partial charge in [-0.05, 0) is 24.8 Å². The molecule has 2 heteroatoms. The molecule has 0 saturated carbocycles. The lowest BCUT2D eigenvalue weighted by Gasteiger charge is -1.94. The van der Waals surface area contributed by atoms with Crippen LogP contribution in [-0.2, 0) is 0 Å². The fraction of sp³-hybridized carbons (Fsp3) is 0.286. The minimum Gasteiger partial charge on any atom is -0.447 e. The number of aryl methyl sites for hydroxylation is 1. The van der Waals surface area contributed by atoms with Crippen LogP contribution in [0.4, 0.5) is 0 Å². The summed E-state index contributed by atoms with van der Waals surface area (Å²) in [5.41, 5.74) is 7.77. The number of hydrogen-bond donors (Lipinski definition) is 1. The first-order valence-corrected chi connectivity index (χ1v) is 5.47. The van der Waals surface area contributed by atoms with Gasteiger partial charge >= 0.3 is 0 Å². The first kappa shape index (κ1) is 10.8. The topological polar surface area (TPSA) is 39.2 Å². The third-order valence-electron chi connectivity index (χ3n) is 2.56. The number of rotatable bonds is 1. The molecule has 0 radical (unpaired) electrons. The summed E-state index contributed by atoms with van der Waals surface area (Å²) in [7, 11) is 0. The normalized spacial score (nSPS) is 12.2. The summed E-state index contributed by atoms with van der Waals surface area (Å²) in [6.45, 7) is 4.04. The second-order valence-corrected chi connectivity index (χ2v) is 3.89. The molecule has 0 spiro atoms. The Bertz CT molecular complexity index is 557. The van der Waals surface area contributed by atoms with Crippen molar-refractivity contribution in [3.8, 4) is 11.8 Å². The van der Waals surface area contributed by atoms with Gasteiger partial charge in [0, 0.05) is 11.5 Å². The van der Waals surface area contributed by atoms with Crippen molar-refractivity contribution < 1.29 is 4.42 Å². The van der Waals surface area contributed by atoms with Crippen LogP contribution in [0.25, 0.3) is 11.0 Å². The van der Waals surface area contributed by atoms with E-state index in [2.05, 4.69) is 11.8 Å². The van der Waals surface area contributed by atoms with Crippen LogP contribution in [0.1, 0.15) is 24.7 Å². The van der Waals surface area contributed by atoms with E-state index in [1.54, 1.807) is 0 Å². The molecule has 1 unspecified atom stereocenters. The lowest BCUT2D eigenvalue weighted by Crippen LogP contribution is -2.15. The van der Waals surface area contributed by atoms with E-state index in [9.17, 15) is 0 Å². The van der Waals surface area contributed by atoms with Crippen molar-refractivity contribution >= 4 is 11.0 Å². The van der Waals surface area contributed by atoms with Crippen LogP contribution in [0.3, 0.4) is 0 Å². The van der Waals surface area contributed by atoms with Gasteiger partial charge in [0.25, 0.3) is 0 Å². The van der Waals surface area contributed by atoms with Crippen molar-refractivity contribution in [1.29, 1.82) is 0 Å². The van der Waals surface area contributed by atoms with Crippen LogP contribution in [0, 0.1) is 18.8 Å². The van der Waals surface area contributed by atoms with Crippen LogP contribution >= 0.6 is 0 Å². The van der Waals surface area contributed by atoms with Gasteiger partial charge in [-0.2, -0.15) is 0 Å². The fourth-order valence-corrected chi connectivity index (χ4v) is 1.54. The Balaban J connectivity index is 2.39. The van der Waals surface area contributed by atoms with Gasteiger partial charge in [0.15, 0.2) is 5.76 Å². The Morgan fingerprint density at radius 3 is 2.94 bits per heavy atom. The second kappa shape index (κ2) is 4.42. The first-order chi connectivity index (χ1) is 7.70. The summed E-state index contributed by atoms with van der Waals surface area (Å²) in [6, 6.07) is 7.95. The van der Waals surface area contributed by atoms with Crippen molar-refractivity contribution in [2.24, 2.45) is 5.73 Å². The summed E-state index contributed by atoms with van der Waals surface area (Å²) in [5, 5.41) is 1.09. The molecule has 2 aromatic rings. The van der Waals surface area contributed by atoms with Gasteiger partial charge in [0.1, 0.15) is 5.58 Å². The molecule has 0 fully saturated rings. The highest BCUT2D eigenvalue weighted by Crippen LogP contribution is 2.21. The maximum absolute atomic E-state index is 5.73. The average Bonchev–Trinajstić information content (AvgIpc) is 2.70. The van der Waals surface area contributed by atoms with E-state index in [1.165, 1.54) is 0 Å². The van der Waals surface area contributed by atoms with Crippen molar-refractivity contribution in [3.05, 3.63) is 35.6 Å². The SMILES string of the molecule is CCC(N)C#Cc1cc2cccc(C)c2o1. The number of para-hydroxylation sites is 1. The number of furan rings is 1. The maximum Gasteiger partial charge on any atom is 0.178 e. The van der Waals surface area contributed by atoms with E-state index in [4.69, 9.17) is 10.2 Å². The van der Waals surface area contributed by atoms with Gasteiger partial charge < -0.3 is 10.2 Å². The third-order valence-corrected chi connectivity index (χ3v) is 2.56. The minimum absolute atomic E-state index is 0.0747. The van der Waals surface area contributed by atoms with E-state index in [0.717, 1.165) is 23.0 Å². The molecule has 1 aromatic carbocycles. The Hall–Kier alpha value is -1.72. The van der Waals surface area contributed by atoms with Crippen LogP contribution in [-0.4, -0.2) is 6.04 Å². The summed E-state index contributed by atoms with van der Waals surface area (Å²) < 4.78 is 5.66. The Morgan fingerprint density at radius 1 is 1.44 bits per heavy atom. The van der Waals surface area contributed by atoms with E-state index in [-0.39, 0.29) is 6.04 Å². The molecule has 0 aliphatic rings. The summed E-state index contributed by atoms with van der Waals surface area (Å²) >= 11 is 0. The average molecular weight is 213 g/mol. The number of hydrogen-bond acceptors (Lipinski definition) is 2. The monoisotopic (exact) mass is 213 g/mol. The van der Waals surface area contributed by atoms with Crippen LogP contribution in [0.15, 0.2) is 28.7 Å². The van der Waals surface area contributed by atoms with Gasteiger partial charge in [0.2, 0.25) is 0 Å². The molecule has 1 heterocycles. The molecule has 2 nitrogen and oxygen atoms in total. The maximum atomic E-state index is 5.73. The molecule has 16 heavy (non-hydrogen) atoms. The highest BCUT2D eigenvalue weighted by Gasteiger charge is 2.03. The zero-order valence-corrected chi connectivity index (χ0v) is 9.58. The molecule has 82 valence electrons. The molecule has 1 aromatic heterocycles.